The van der Waals surface area contributed by atoms with Crippen molar-refractivity contribution in [1.82, 2.24) is 10.2 Å². The monoisotopic (exact) mass is 337 g/mol. The zero-order chi connectivity index (χ0) is 15.9. The van der Waals surface area contributed by atoms with E-state index >= 15 is 0 Å². The summed E-state index contributed by atoms with van der Waals surface area (Å²) < 4.78 is 5.10. The van der Waals surface area contributed by atoms with Gasteiger partial charge in [0.1, 0.15) is 10.8 Å². The molecule has 5 nitrogen and oxygen atoms in total. The van der Waals surface area contributed by atoms with Crippen LogP contribution in [-0.2, 0) is 11.2 Å². The largest absolute Gasteiger partial charge is 0.497 e. The number of hydrogen-bond donors (Lipinski definition) is 1. The molecule has 2 aromatic rings. The SMILES string of the molecule is COc1ccc(SCC(=O)Nc2nnc(CC(C)C)s2)cc1. The fraction of sp³-hybridized carbons (Fsp3) is 0.400. The van der Waals surface area contributed by atoms with Crippen molar-refractivity contribution >= 4 is 34.1 Å². The minimum Gasteiger partial charge on any atom is -0.497 e. The van der Waals surface area contributed by atoms with Crippen molar-refractivity contribution in [3.8, 4) is 5.75 Å². The molecule has 0 aliphatic rings. The van der Waals surface area contributed by atoms with Crippen LogP contribution in [0.1, 0.15) is 18.9 Å². The second kappa shape index (κ2) is 8.14. The molecule has 0 spiro atoms. The zero-order valence-electron chi connectivity index (χ0n) is 12.8. The maximum absolute atomic E-state index is 11.9. The highest BCUT2D eigenvalue weighted by Gasteiger charge is 2.09. The van der Waals surface area contributed by atoms with Gasteiger partial charge < -0.3 is 4.74 Å². The molecule has 0 fully saturated rings. The predicted molar refractivity (Wildman–Crippen MR) is 90.8 cm³/mol. The molecule has 22 heavy (non-hydrogen) atoms. The number of nitrogens with zero attached hydrogens (tertiary/aromatic N) is 2. The van der Waals surface area contributed by atoms with Gasteiger partial charge in [0.15, 0.2) is 0 Å². The van der Waals surface area contributed by atoms with Crippen LogP contribution < -0.4 is 10.1 Å². The first-order chi connectivity index (χ1) is 10.6. The van der Waals surface area contributed by atoms with Gasteiger partial charge in [0, 0.05) is 11.3 Å². The highest BCUT2D eigenvalue weighted by atomic mass is 32.2. The molecule has 1 aromatic carbocycles. The van der Waals surface area contributed by atoms with E-state index < -0.39 is 0 Å². The summed E-state index contributed by atoms with van der Waals surface area (Å²) in [6.45, 7) is 4.26. The summed E-state index contributed by atoms with van der Waals surface area (Å²) in [5.41, 5.74) is 0. The summed E-state index contributed by atoms with van der Waals surface area (Å²) in [4.78, 5) is 12.9. The van der Waals surface area contributed by atoms with Crippen LogP contribution in [0.2, 0.25) is 0 Å². The molecule has 0 atom stereocenters. The second-order valence-corrected chi connectivity index (χ2v) is 7.22. The summed E-state index contributed by atoms with van der Waals surface area (Å²) in [5, 5.41) is 12.4. The van der Waals surface area contributed by atoms with Crippen LogP contribution in [0.3, 0.4) is 0 Å². The smallest absolute Gasteiger partial charge is 0.236 e. The summed E-state index contributed by atoms with van der Waals surface area (Å²) in [5.74, 6) is 1.60. The minimum atomic E-state index is -0.0759. The molecule has 1 heterocycles. The molecule has 118 valence electrons. The number of methoxy groups -OCH3 is 1. The number of anilines is 1. The number of benzene rings is 1. The van der Waals surface area contributed by atoms with E-state index in [1.54, 1.807) is 7.11 Å². The normalized spacial score (nSPS) is 10.7. The van der Waals surface area contributed by atoms with Crippen LogP contribution in [0.4, 0.5) is 5.13 Å². The zero-order valence-corrected chi connectivity index (χ0v) is 14.5. The lowest BCUT2D eigenvalue weighted by atomic mass is 10.1. The first-order valence-corrected chi connectivity index (χ1v) is 8.76. The topological polar surface area (TPSA) is 64.1 Å². The average molecular weight is 337 g/mol. The van der Waals surface area contributed by atoms with E-state index in [1.807, 2.05) is 24.3 Å². The molecular weight excluding hydrogens is 318 g/mol. The number of ether oxygens (including phenoxy) is 1. The highest BCUT2D eigenvalue weighted by molar-refractivity contribution is 8.00. The molecule has 1 N–H and O–H groups in total. The lowest BCUT2D eigenvalue weighted by Crippen LogP contribution is -2.13. The van der Waals surface area contributed by atoms with Gasteiger partial charge in [-0.15, -0.1) is 22.0 Å². The van der Waals surface area contributed by atoms with Crippen molar-refractivity contribution in [3.05, 3.63) is 29.3 Å². The number of aromatic nitrogens is 2. The van der Waals surface area contributed by atoms with Crippen molar-refractivity contribution in [1.29, 1.82) is 0 Å². The molecule has 0 saturated heterocycles. The summed E-state index contributed by atoms with van der Waals surface area (Å²) in [7, 11) is 1.63. The van der Waals surface area contributed by atoms with Crippen LogP contribution in [0.15, 0.2) is 29.2 Å². The molecule has 1 amide bonds. The number of carbonyl (C=O) groups is 1. The number of carbonyl (C=O) groups excluding carboxylic acids is 1. The molecule has 0 aliphatic heterocycles. The van der Waals surface area contributed by atoms with E-state index in [0.29, 0.717) is 16.8 Å². The van der Waals surface area contributed by atoms with Gasteiger partial charge in [0.25, 0.3) is 0 Å². The summed E-state index contributed by atoms with van der Waals surface area (Å²) in [6, 6.07) is 7.62. The highest BCUT2D eigenvalue weighted by Crippen LogP contribution is 2.22. The molecule has 2 rings (SSSR count). The molecular formula is C15H19N3O2S2. The molecule has 0 saturated carbocycles. The maximum Gasteiger partial charge on any atom is 0.236 e. The minimum absolute atomic E-state index is 0.0759. The van der Waals surface area contributed by atoms with E-state index in [0.717, 1.165) is 22.1 Å². The van der Waals surface area contributed by atoms with Gasteiger partial charge in [-0.25, -0.2) is 0 Å². The second-order valence-electron chi connectivity index (χ2n) is 5.11. The van der Waals surface area contributed by atoms with Crippen molar-refractivity contribution < 1.29 is 9.53 Å². The van der Waals surface area contributed by atoms with Gasteiger partial charge in [-0.1, -0.05) is 25.2 Å². The van der Waals surface area contributed by atoms with Crippen molar-refractivity contribution in [3.63, 3.8) is 0 Å². The Morgan fingerprint density at radius 2 is 2.05 bits per heavy atom. The van der Waals surface area contributed by atoms with Gasteiger partial charge >= 0.3 is 0 Å². The first-order valence-electron chi connectivity index (χ1n) is 6.96. The quantitative estimate of drug-likeness (QED) is 0.784. The Balaban J connectivity index is 1.80. The third kappa shape index (κ3) is 5.31. The Labute approximate surface area is 138 Å². The van der Waals surface area contributed by atoms with E-state index in [9.17, 15) is 4.79 Å². The van der Waals surface area contributed by atoms with E-state index in [-0.39, 0.29) is 5.91 Å². The standard InChI is InChI=1S/C15H19N3O2S2/c1-10(2)8-14-17-18-15(22-14)16-13(19)9-21-12-6-4-11(20-3)5-7-12/h4-7,10H,8-9H2,1-3H3,(H,16,18,19). The predicted octanol–water partition coefficient (Wildman–Crippen LogP) is 3.48. The first kappa shape index (κ1) is 16.8. The number of rotatable bonds is 7. The molecule has 0 unspecified atom stereocenters. The Hall–Kier alpha value is -1.60. The number of nitrogens with one attached hydrogen (secondary N) is 1. The van der Waals surface area contributed by atoms with Gasteiger partial charge in [0.2, 0.25) is 11.0 Å². The summed E-state index contributed by atoms with van der Waals surface area (Å²) >= 11 is 2.91. The van der Waals surface area contributed by atoms with E-state index in [1.165, 1.54) is 23.1 Å². The number of hydrogen-bond acceptors (Lipinski definition) is 6. The fourth-order valence-corrected chi connectivity index (χ4v) is 3.38. The van der Waals surface area contributed by atoms with Gasteiger partial charge in [-0.2, -0.15) is 0 Å². The van der Waals surface area contributed by atoms with Gasteiger partial charge in [-0.3, -0.25) is 10.1 Å². The third-order valence-corrected chi connectivity index (χ3v) is 4.60. The number of thioether (sulfide) groups is 1. The van der Waals surface area contributed by atoms with Gasteiger partial charge in [-0.05, 0) is 30.2 Å². The maximum atomic E-state index is 11.9. The van der Waals surface area contributed by atoms with Crippen LogP contribution in [0.25, 0.3) is 0 Å². The van der Waals surface area contributed by atoms with E-state index in [2.05, 4.69) is 29.4 Å². The summed E-state index contributed by atoms with van der Waals surface area (Å²) in [6.07, 6.45) is 0.883. The van der Waals surface area contributed by atoms with Gasteiger partial charge in [0.05, 0.1) is 12.9 Å². The molecule has 0 bridgehead atoms. The molecule has 0 aliphatic carbocycles. The van der Waals surface area contributed by atoms with Crippen LogP contribution in [0, 0.1) is 5.92 Å². The van der Waals surface area contributed by atoms with Crippen molar-refractivity contribution in [2.24, 2.45) is 5.92 Å². The van der Waals surface area contributed by atoms with Crippen molar-refractivity contribution in [2.45, 2.75) is 25.2 Å². The Bertz CT molecular complexity index is 612. The van der Waals surface area contributed by atoms with Crippen LogP contribution in [0.5, 0.6) is 5.75 Å². The van der Waals surface area contributed by atoms with E-state index in [4.69, 9.17) is 4.74 Å². The lowest BCUT2D eigenvalue weighted by Gasteiger charge is -2.03. The van der Waals surface area contributed by atoms with Crippen molar-refractivity contribution in [2.75, 3.05) is 18.2 Å². The fourth-order valence-electron chi connectivity index (χ4n) is 1.71. The average Bonchev–Trinajstić information content (AvgIpc) is 2.92. The van der Waals surface area contributed by atoms with Crippen LogP contribution in [-0.4, -0.2) is 29.0 Å². The molecule has 7 heteroatoms. The number of amides is 1. The Morgan fingerprint density at radius 3 is 2.68 bits per heavy atom. The Kier molecular flexibility index (Phi) is 6.21. The Morgan fingerprint density at radius 1 is 1.32 bits per heavy atom. The molecule has 1 aromatic heterocycles. The lowest BCUT2D eigenvalue weighted by molar-refractivity contribution is -0.113. The molecule has 0 radical (unpaired) electrons. The third-order valence-electron chi connectivity index (χ3n) is 2.73. The van der Waals surface area contributed by atoms with Crippen LogP contribution >= 0.6 is 23.1 Å².